The van der Waals surface area contributed by atoms with Gasteiger partial charge in [-0.2, -0.15) is 11.8 Å². The quantitative estimate of drug-likeness (QED) is 0.554. The molecule has 0 rings (SSSR count). The van der Waals surface area contributed by atoms with E-state index in [9.17, 15) is 4.79 Å². The monoisotopic (exact) mass is 188 g/mol. The third-order valence-electron chi connectivity index (χ3n) is 1.16. The first-order valence-corrected chi connectivity index (χ1v) is 4.74. The van der Waals surface area contributed by atoms with Gasteiger partial charge in [-0.1, -0.05) is 0 Å². The van der Waals surface area contributed by atoms with Crippen LogP contribution >= 0.6 is 11.8 Å². The van der Waals surface area contributed by atoms with Crippen LogP contribution in [0.15, 0.2) is 11.8 Å². The van der Waals surface area contributed by atoms with Gasteiger partial charge in [0, 0.05) is 5.70 Å². The second-order valence-corrected chi connectivity index (χ2v) is 3.17. The maximum atomic E-state index is 10.2. The van der Waals surface area contributed by atoms with Gasteiger partial charge in [-0.15, -0.1) is 0 Å². The molecule has 0 aromatic heterocycles. The van der Waals surface area contributed by atoms with Crippen molar-refractivity contribution in [3.63, 3.8) is 0 Å². The van der Waals surface area contributed by atoms with Crippen LogP contribution in [0.1, 0.15) is 6.42 Å². The SMILES string of the molecule is CSCC/C(N)=C/C(=N)C(=O)O. The predicted octanol–water partition coefficient (Wildman–Crippen LogP) is 0.686. The Morgan fingerprint density at radius 1 is 1.75 bits per heavy atom. The molecule has 4 N–H and O–H groups in total. The van der Waals surface area contributed by atoms with E-state index in [1.807, 2.05) is 6.26 Å². The first kappa shape index (κ1) is 11.0. The van der Waals surface area contributed by atoms with Crippen LogP contribution in [0.2, 0.25) is 0 Å². The van der Waals surface area contributed by atoms with Gasteiger partial charge in [-0.3, -0.25) is 5.41 Å². The molecule has 0 spiro atoms. The van der Waals surface area contributed by atoms with Crippen LogP contribution in [0.5, 0.6) is 0 Å². The molecule has 0 aromatic carbocycles. The Morgan fingerprint density at radius 2 is 2.33 bits per heavy atom. The molecular weight excluding hydrogens is 176 g/mol. The van der Waals surface area contributed by atoms with Crippen LogP contribution in [0, 0.1) is 5.41 Å². The summed E-state index contributed by atoms with van der Waals surface area (Å²) in [4.78, 5) is 10.2. The maximum absolute atomic E-state index is 10.2. The van der Waals surface area contributed by atoms with Gasteiger partial charge in [-0.05, 0) is 24.5 Å². The molecule has 0 aliphatic rings. The number of carboxylic acids is 1. The van der Waals surface area contributed by atoms with Crippen molar-refractivity contribution in [3.05, 3.63) is 11.8 Å². The smallest absolute Gasteiger partial charge is 0.353 e. The number of aliphatic carboxylic acids is 1. The minimum Gasteiger partial charge on any atom is -0.477 e. The number of nitrogens with one attached hydrogen (secondary N) is 1. The normalized spacial score (nSPS) is 11.2. The molecule has 0 saturated heterocycles. The first-order valence-electron chi connectivity index (χ1n) is 3.34. The molecule has 12 heavy (non-hydrogen) atoms. The fraction of sp³-hybridized carbons (Fsp3) is 0.429. The Hall–Kier alpha value is -0.970. The lowest BCUT2D eigenvalue weighted by molar-refractivity contribution is -0.129. The molecule has 0 unspecified atom stereocenters. The van der Waals surface area contributed by atoms with Crippen molar-refractivity contribution in [1.82, 2.24) is 0 Å². The molecule has 4 nitrogen and oxygen atoms in total. The van der Waals surface area contributed by atoms with E-state index in [4.69, 9.17) is 16.2 Å². The minimum absolute atomic E-state index is 0.441. The summed E-state index contributed by atoms with van der Waals surface area (Å²) < 4.78 is 0. The minimum atomic E-state index is -1.25. The summed E-state index contributed by atoms with van der Waals surface area (Å²) in [5.74, 6) is -0.406. The summed E-state index contributed by atoms with van der Waals surface area (Å²) in [7, 11) is 0. The molecule has 0 fully saturated rings. The Bertz CT molecular complexity index is 213. The largest absolute Gasteiger partial charge is 0.477 e. The third-order valence-corrected chi connectivity index (χ3v) is 1.77. The van der Waals surface area contributed by atoms with E-state index in [0.717, 1.165) is 5.75 Å². The molecule has 0 aromatic rings. The molecule has 0 aliphatic heterocycles. The van der Waals surface area contributed by atoms with Gasteiger partial charge in [0.15, 0.2) is 0 Å². The van der Waals surface area contributed by atoms with Gasteiger partial charge >= 0.3 is 5.97 Å². The molecule has 0 radical (unpaired) electrons. The van der Waals surface area contributed by atoms with E-state index in [-0.39, 0.29) is 0 Å². The van der Waals surface area contributed by atoms with Crippen LogP contribution in [0.3, 0.4) is 0 Å². The molecule has 0 amide bonds. The van der Waals surface area contributed by atoms with Gasteiger partial charge in [0.05, 0.1) is 0 Å². The highest BCUT2D eigenvalue weighted by Crippen LogP contribution is 2.00. The van der Waals surface area contributed by atoms with Crippen molar-refractivity contribution in [3.8, 4) is 0 Å². The van der Waals surface area contributed by atoms with Crippen LogP contribution < -0.4 is 5.73 Å². The number of allylic oxidation sites excluding steroid dienone is 1. The van der Waals surface area contributed by atoms with Gasteiger partial charge in [0.2, 0.25) is 0 Å². The van der Waals surface area contributed by atoms with E-state index in [1.54, 1.807) is 11.8 Å². The van der Waals surface area contributed by atoms with Crippen LogP contribution in [0.4, 0.5) is 0 Å². The average Bonchev–Trinajstić information content (AvgIpc) is 2.00. The zero-order valence-electron chi connectivity index (χ0n) is 6.83. The number of hydrogen-bond donors (Lipinski definition) is 3. The number of carbonyl (C=O) groups is 1. The third kappa shape index (κ3) is 4.79. The predicted molar refractivity (Wildman–Crippen MR) is 50.6 cm³/mol. The topological polar surface area (TPSA) is 87.2 Å². The van der Waals surface area contributed by atoms with E-state index in [1.165, 1.54) is 6.08 Å². The number of carboxylic acid groups (broad SMARTS) is 1. The second kappa shape index (κ2) is 5.65. The maximum Gasteiger partial charge on any atom is 0.353 e. The molecule has 0 atom stereocenters. The van der Waals surface area contributed by atoms with Crippen molar-refractivity contribution in [1.29, 1.82) is 5.41 Å². The molecular formula is C7H12N2O2S. The first-order chi connectivity index (χ1) is 5.57. The zero-order valence-corrected chi connectivity index (χ0v) is 7.65. The summed E-state index contributed by atoms with van der Waals surface area (Å²) in [5.41, 5.74) is 5.42. The highest BCUT2D eigenvalue weighted by molar-refractivity contribution is 7.98. The van der Waals surface area contributed by atoms with Gasteiger partial charge in [0.1, 0.15) is 5.71 Å². The Morgan fingerprint density at radius 3 is 2.75 bits per heavy atom. The summed E-state index contributed by atoms with van der Waals surface area (Å²) >= 11 is 1.63. The van der Waals surface area contributed by atoms with E-state index in [0.29, 0.717) is 12.1 Å². The summed E-state index contributed by atoms with van der Waals surface area (Å²) in [6.07, 6.45) is 3.74. The van der Waals surface area contributed by atoms with Crippen molar-refractivity contribution >= 4 is 23.4 Å². The lowest BCUT2D eigenvalue weighted by atomic mass is 10.2. The van der Waals surface area contributed by atoms with Crippen LogP contribution in [-0.2, 0) is 4.79 Å². The van der Waals surface area contributed by atoms with Crippen molar-refractivity contribution in [2.24, 2.45) is 5.73 Å². The summed E-state index contributed by atoms with van der Waals surface area (Å²) in [6.45, 7) is 0. The van der Waals surface area contributed by atoms with Crippen LogP contribution in [-0.4, -0.2) is 28.8 Å². The number of rotatable bonds is 5. The van der Waals surface area contributed by atoms with E-state index < -0.39 is 11.7 Å². The molecule has 0 aliphatic carbocycles. The second-order valence-electron chi connectivity index (χ2n) is 2.18. The Labute approximate surface area is 75.3 Å². The average molecular weight is 188 g/mol. The lowest BCUT2D eigenvalue weighted by Gasteiger charge is -1.97. The number of thioether (sulfide) groups is 1. The van der Waals surface area contributed by atoms with Crippen molar-refractivity contribution < 1.29 is 9.90 Å². The summed E-state index contributed by atoms with van der Waals surface area (Å²) in [5, 5.41) is 15.3. The molecule has 0 heterocycles. The standard InChI is InChI=1S/C7H12N2O2S/c1-12-3-2-5(8)4-6(9)7(10)11/h4,9H,2-3,8H2,1H3,(H,10,11)/b5-4-,9-6?. The Kier molecular flexibility index (Phi) is 5.19. The molecule has 68 valence electrons. The summed E-state index contributed by atoms with van der Waals surface area (Å²) in [6, 6.07) is 0. The molecule has 0 saturated carbocycles. The zero-order chi connectivity index (χ0) is 9.56. The molecule has 0 bridgehead atoms. The number of hydrogen-bond acceptors (Lipinski definition) is 4. The van der Waals surface area contributed by atoms with Gasteiger partial charge in [0.25, 0.3) is 0 Å². The Balaban J connectivity index is 3.98. The van der Waals surface area contributed by atoms with Crippen molar-refractivity contribution in [2.75, 3.05) is 12.0 Å². The van der Waals surface area contributed by atoms with Gasteiger partial charge in [-0.25, -0.2) is 4.79 Å². The highest BCUT2D eigenvalue weighted by atomic mass is 32.2. The highest BCUT2D eigenvalue weighted by Gasteiger charge is 2.02. The van der Waals surface area contributed by atoms with Crippen LogP contribution in [0.25, 0.3) is 0 Å². The molecule has 5 heteroatoms. The van der Waals surface area contributed by atoms with Crippen molar-refractivity contribution in [2.45, 2.75) is 6.42 Å². The fourth-order valence-corrected chi connectivity index (χ4v) is 0.979. The van der Waals surface area contributed by atoms with Gasteiger partial charge < -0.3 is 10.8 Å². The lowest BCUT2D eigenvalue weighted by Crippen LogP contribution is -2.11. The van der Waals surface area contributed by atoms with E-state index >= 15 is 0 Å². The van der Waals surface area contributed by atoms with E-state index in [2.05, 4.69) is 0 Å². The number of nitrogens with two attached hydrogens (primary N) is 1. The fourth-order valence-electron chi connectivity index (χ4n) is 0.539.